The number of rotatable bonds is 3. The average molecular weight is 263 g/mol. The summed E-state index contributed by atoms with van der Waals surface area (Å²) in [5.41, 5.74) is 0.218. The molecule has 0 radical (unpaired) electrons. The lowest BCUT2D eigenvalue weighted by atomic mass is 10.2. The number of nitrogens with one attached hydrogen (secondary N) is 1. The lowest BCUT2D eigenvalue weighted by Gasteiger charge is -2.05. The number of benzene rings is 1. The van der Waals surface area contributed by atoms with Crippen LogP contribution in [0.1, 0.15) is 17.3 Å². The van der Waals surface area contributed by atoms with Crippen LogP contribution in [-0.2, 0) is 10.0 Å². The Balaban J connectivity index is 3.15. The second-order valence-electron chi connectivity index (χ2n) is 3.05. The molecule has 88 valence electrons. The van der Waals surface area contributed by atoms with Gasteiger partial charge in [0.15, 0.2) is 0 Å². The van der Waals surface area contributed by atoms with Crippen molar-refractivity contribution in [2.45, 2.75) is 11.8 Å². The molecular formula is C9H11ClN2O3S. The van der Waals surface area contributed by atoms with Gasteiger partial charge in [0.25, 0.3) is 5.91 Å². The van der Waals surface area contributed by atoms with E-state index in [4.69, 9.17) is 16.7 Å². The summed E-state index contributed by atoms with van der Waals surface area (Å²) < 4.78 is 22.0. The molecule has 5 nitrogen and oxygen atoms in total. The maximum atomic E-state index is 11.5. The molecule has 1 amide bonds. The van der Waals surface area contributed by atoms with Crippen LogP contribution in [0.4, 0.5) is 0 Å². The highest BCUT2D eigenvalue weighted by Crippen LogP contribution is 2.19. The summed E-state index contributed by atoms with van der Waals surface area (Å²) in [5.74, 6) is -0.353. The zero-order chi connectivity index (χ0) is 12.3. The maximum Gasteiger partial charge on any atom is 0.252 e. The van der Waals surface area contributed by atoms with Crippen LogP contribution in [-0.4, -0.2) is 20.9 Å². The third kappa shape index (κ3) is 2.94. The molecule has 0 aliphatic carbocycles. The second kappa shape index (κ2) is 4.82. The molecule has 0 aromatic heterocycles. The zero-order valence-electron chi connectivity index (χ0n) is 8.53. The summed E-state index contributed by atoms with van der Waals surface area (Å²) in [6.45, 7) is 2.23. The van der Waals surface area contributed by atoms with Crippen molar-refractivity contribution in [1.82, 2.24) is 5.32 Å². The summed E-state index contributed by atoms with van der Waals surface area (Å²) in [7, 11) is -3.80. The molecule has 1 aromatic carbocycles. The van der Waals surface area contributed by atoms with Gasteiger partial charge in [-0.3, -0.25) is 4.79 Å². The van der Waals surface area contributed by atoms with Crippen LogP contribution in [0.15, 0.2) is 23.1 Å². The number of hydrogen-bond donors (Lipinski definition) is 2. The van der Waals surface area contributed by atoms with Crippen LogP contribution in [0.25, 0.3) is 0 Å². The molecule has 3 N–H and O–H groups in total. The Morgan fingerprint density at radius 1 is 1.50 bits per heavy atom. The highest BCUT2D eigenvalue weighted by molar-refractivity contribution is 7.89. The first kappa shape index (κ1) is 13.0. The highest BCUT2D eigenvalue weighted by atomic mass is 35.5. The quantitative estimate of drug-likeness (QED) is 0.842. The van der Waals surface area contributed by atoms with Crippen molar-refractivity contribution < 1.29 is 13.2 Å². The van der Waals surface area contributed by atoms with Crippen molar-refractivity contribution in [2.24, 2.45) is 5.14 Å². The molecule has 1 aromatic rings. The van der Waals surface area contributed by atoms with E-state index >= 15 is 0 Å². The molecule has 0 bridgehead atoms. The van der Waals surface area contributed by atoms with Gasteiger partial charge in [-0.15, -0.1) is 0 Å². The minimum absolute atomic E-state index is 0.0532. The average Bonchev–Trinajstić information content (AvgIpc) is 2.16. The fourth-order valence-electron chi connectivity index (χ4n) is 1.11. The van der Waals surface area contributed by atoms with Crippen LogP contribution in [0.3, 0.4) is 0 Å². The number of carbonyl (C=O) groups is 1. The number of carbonyl (C=O) groups excluding carboxylic acids is 1. The van der Waals surface area contributed by atoms with E-state index < -0.39 is 10.0 Å². The molecule has 0 heterocycles. The van der Waals surface area contributed by atoms with Gasteiger partial charge in [-0.2, -0.15) is 0 Å². The second-order valence-corrected chi connectivity index (χ2v) is 5.01. The predicted octanol–water partition coefficient (Wildman–Crippen LogP) is 0.737. The standard InChI is InChI=1S/C9H11ClN2O3S/c1-2-12-9(13)7-4-3-6(5-8(7)10)16(11,14)15/h3-5H,2H2,1H3,(H,12,13)(H2,11,14,15). The molecule has 0 aliphatic heterocycles. The monoisotopic (exact) mass is 262 g/mol. The molecular weight excluding hydrogens is 252 g/mol. The highest BCUT2D eigenvalue weighted by Gasteiger charge is 2.14. The van der Waals surface area contributed by atoms with Gasteiger partial charge >= 0.3 is 0 Å². The molecule has 0 saturated heterocycles. The minimum atomic E-state index is -3.80. The van der Waals surface area contributed by atoms with E-state index in [0.717, 1.165) is 6.07 Å². The van der Waals surface area contributed by atoms with Crippen molar-refractivity contribution in [3.63, 3.8) is 0 Å². The third-order valence-corrected chi connectivity index (χ3v) is 3.07. The van der Waals surface area contributed by atoms with Gasteiger partial charge < -0.3 is 5.32 Å². The van der Waals surface area contributed by atoms with Gasteiger partial charge in [-0.05, 0) is 25.1 Å². The van der Waals surface area contributed by atoms with Gasteiger partial charge in [0, 0.05) is 6.54 Å². The first-order valence-corrected chi connectivity index (χ1v) is 6.39. The number of primary sulfonamides is 1. The van der Waals surface area contributed by atoms with Gasteiger partial charge in [0.1, 0.15) is 0 Å². The number of amides is 1. The fourth-order valence-corrected chi connectivity index (χ4v) is 1.98. The Morgan fingerprint density at radius 2 is 2.12 bits per heavy atom. The largest absolute Gasteiger partial charge is 0.352 e. The number of sulfonamides is 1. The van der Waals surface area contributed by atoms with E-state index in [1.165, 1.54) is 12.1 Å². The summed E-state index contributed by atoms with van der Waals surface area (Å²) in [4.78, 5) is 11.3. The van der Waals surface area contributed by atoms with Gasteiger partial charge in [-0.1, -0.05) is 11.6 Å². The molecule has 16 heavy (non-hydrogen) atoms. The van der Waals surface area contributed by atoms with E-state index in [0.29, 0.717) is 6.54 Å². The van der Waals surface area contributed by atoms with Crippen LogP contribution < -0.4 is 10.5 Å². The molecule has 0 unspecified atom stereocenters. The van der Waals surface area contributed by atoms with Crippen LogP contribution in [0.2, 0.25) is 5.02 Å². The van der Waals surface area contributed by atoms with Crippen LogP contribution in [0, 0.1) is 0 Å². The zero-order valence-corrected chi connectivity index (χ0v) is 10.1. The number of halogens is 1. The summed E-state index contributed by atoms with van der Waals surface area (Å²) in [5, 5.41) is 7.53. The molecule has 1 rings (SSSR count). The van der Waals surface area contributed by atoms with Crippen molar-refractivity contribution in [1.29, 1.82) is 0 Å². The predicted molar refractivity (Wildman–Crippen MR) is 60.8 cm³/mol. The lowest BCUT2D eigenvalue weighted by Crippen LogP contribution is -2.23. The van der Waals surface area contributed by atoms with Crippen LogP contribution in [0.5, 0.6) is 0 Å². The third-order valence-electron chi connectivity index (χ3n) is 1.85. The number of hydrogen-bond acceptors (Lipinski definition) is 3. The first-order valence-electron chi connectivity index (χ1n) is 4.46. The van der Waals surface area contributed by atoms with Crippen molar-refractivity contribution in [3.05, 3.63) is 28.8 Å². The first-order chi connectivity index (χ1) is 7.36. The van der Waals surface area contributed by atoms with E-state index in [1.807, 2.05) is 0 Å². The van der Waals surface area contributed by atoms with E-state index in [1.54, 1.807) is 6.92 Å². The SMILES string of the molecule is CCNC(=O)c1ccc(S(N)(=O)=O)cc1Cl. The van der Waals surface area contributed by atoms with Crippen molar-refractivity contribution >= 4 is 27.5 Å². The molecule has 0 atom stereocenters. The molecule has 0 saturated carbocycles. The fraction of sp³-hybridized carbons (Fsp3) is 0.222. The van der Waals surface area contributed by atoms with E-state index in [-0.39, 0.29) is 21.4 Å². The lowest BCUT2D eigenvalue weighted by molar-refractivity contribution is 0.0956. The summed E-state index contributed by atoms with van der Waals surface area (Å²) in [6, 6.07) is 3.72. The topological polar surface area (TPSA) is 89.3 Å². The number of nitrogens with two attached hydrogens (primary N) is 1. The Hall–Kier alpha value is -1.11. The Kier molecular flexibility index (Phi) is 3.90. The van der Waals surface area contributed by atoms with Crippen LogP contribution >= 0.6 is 11.6 Å². The molecule has 0 aliphatic rings. The summed E-state index contributed by atoms with van der Waals surface area (Å²) in [6.07, 6.45) is 0. The Labute approximate surface area is 98.6 Å². The molecule has 7 heteroatoms. The van der Waals surface area contributed by atoms with Gasteiger partial charge in [0.2, 0.25) is 10.0 Å². The smallest absolute Gasteiger partial charge is 0.252 e. The normalized spacial score (nSPS) is 11.2. The minimum Gasteiger partial charge on any atom is -0.352 e. The van der Waals surface area contributed by atoms with Crippen molar-refractivity contribution in [2.75, 3.05) is 6.54 Å². The van der Waals surface area contributed by atoms with E-state index in [2.05, 4.69) is 5.32 Å². The van der Waals surface area contributed by atoms with E-state index in [9.17, 15) is 13.2 Å². The summed E-state index contributed by atoms with van der Waals surface area (Å²) >= 11 is 5.79. The van der Waals surface area contributed by atoms with Crippen molar-refractivity contribution in [3.8, 4) is 0 Å². The molecule has 0 spiro atoms. The Morgan fingerprint density at radius 3 is 2.56 bits per heavy atom. The maximum absolute atomic E-state index is 11.5. The Bertz CT molecular complexity index is 513. The molecule has 0 fully saturated rings. The van der Waals surface area contributed by atoms with Gasteiger partial charge in [-0.25, -0.2) is 13.6 Å². The van der Waals surface area contributed by atoms with Gasteiger partial charge in [0.05, 0.1) is 15.5 Å².